The van der Waals surface area contributed by atoms with E-state index < -0.39 is 0 Å². The van der Waals surface area contributed by atoms with Gasteiger partial charge >= 0.3 is 0 Å². The topological polar surface area (TPSA) is 20.3 Å². The van der Waals surface area contributed by atoms with Crippen molar-refractivity contribution in [2.45, 2.75) is 39.7 Å². The van der Waals surface area contributed by atoms with Crippen LogP contribution >= 0.6 is 11.8 Å². The van der Waals surface area contributed by atoms with Crippen molar-refractivity contribution in [2.24, 2.45) is 5.41 Å². The zero-order valence-corrected chi connectivity index (χ0v) is 11.6. The van der Waals surface area contributed by atoms with Gasteiger partial charge in [0.2, 0.25) is 0 Å². The number of hydrogen-bond donors (Lipinski definition) is 0. The number of carbonyl (C=O) groups is 1. The smallest absolute Gasteiger partial charge is 0.127 e. The molecule has 3 heteroatoms. The monoisotopic (exact) mass is 231 g/mol. The maximum absolute atomic E-state index is 11.2. The van der Waals surface area contributed by atoms with Crippen molar-refractivity contribution in [3.63, 3.8) is 0 Å². The van der Waals surface area contributed by atoms with E-state index >= 15 is 0 Å². The van der Waals surface area contributed by atoms with Crippen LogP contribution in [-0.2, 0) is 4.79 Å². The minimum absolute atomic E-state index is 0.137. The molecule has 2 nitrogen and oxygen atoms in total. The molecule has 0 aliphatic rings. The third kappa shape index (κ3) is 4.56. The number of carbonyl (C=O) groups excluding carboxylic acids is 1. The highest BCUT2D eigenvalue weighted by atomic mass is 32.2. The van der Waals surface area contributed by atoms with Gasteiger partial charge in [0.1, 0.15) is 6.29 Å². The third-order valence-electron chi connectivity index (χ3n) is 3.38. The van der Waals surface area contributed by atoms with Crippen LogP contribution in [0.25, 0.3) is 0 Å². The molecule has 0 fully saturated rings. The summed E-state index contributed by atoms with van der Waals surface area (Å²) in [6.45, 7) is 7.30. The molecule has 0 aliphatic heterocycles. The SMILES string of the molecule is CCC(C=O)(CC)CN(C)C(C)CSC. The van der Waals surface area contributed by atoms with E-state index in [4.69, 9.17) is 0 Å². The summed E-state index contributed by atoms with van der Waals surface area (Å²) in [7, 11) is 2.12. The molecule has 15 heavy (non-hydrogen) atoms. The zero-order valence-electron chi connectivity index (χ0n) is 10.7. The Morgan fingerprint density at radius 2 is 1.93 bits per heavy atom. The highest BCUT2D eigenvalue weighted by molar-refractivity contribution is 7.98. The van der Waals surface area contributed by atoms with Crippen molar-refractivity contribution >= 4 is 18.0 Å². The van der Waals surface area contributed by atoms with Crippen LogP contribution in [0.2, 0.25) is 0 Å². The molecule has 90 valence electrons. The Bertz CT molecular complexity index is 180. The molecule has 1 atom stereocenters. The van der Waals surface area contributed by atoms with Gasteiger partial charge in [-0.05, 0) is 33.1 Å². The van der Waals surface area contributed by atoms with Gasteiger partial charge in [-0.15, -0.1) is 0 Å². The van der Waals surface area contributed by atoms with Gasteiger partial charge in [0.05, 0.1) is 0 Å². The number of thioether (sulfide) groups is 1. The lowest BCUT2D eigenvalue weighted by Gasteiger charge is -2.33. The first kappa shape index (κ1) is 15.0. The fourth-order valence-electron chi connectivity index (χ4n) is 1.70. The summed E-state index contributed by atoms with van der Waals surface area (Å²) in [6, 6.07) is 0.539. The summed E-state index contributed by atoms with van der Waals surface area (Å²) < 4.78 is 0. The molecule has 0 aromatic carbocycles. The molecule has 0 aliphatic carbocycles. The van der Waals surface area contributed by atoms with E-state index in [0.29, 0.717) is 6.04 Å². The molecule has 0 saturated heterocycles. The van der Waals surface area contributed by atoms with Crippen LogP contribution in [0, 0.1) is 5.41 Å². The summed E-state index contributed by atoms with van der Waals surface area (Å²) in [4.78, 5) is 13.5. The second-order valence-electron chi connectivity index (χ2n) is 4.41. The Balaban J connectivity index is 4.33. The van der Waals surface area contributed by atoms with Crippen molar-refractivity contribution in [1.29, 1.82) is 0 Å². The Kier molecular flexibility index (Phi) is 7.28. The normalized spacial score (nSPS) is 14.3. The van der Waals surface area contributed by atoms with E-state index in [0.717, 1.165) is 31.4 Å². The molecule has 1 unspecified atom stereocenters. The molecule has 0 aromatic heterocycles. The first-order chi connectivity index (χ1) is 7.05. The van der Waals surface area contributed by atoms with Crippen LogP contribution < -0.4 is 0 Å². The fraction of sp³-hybridized carbons (Fsp3) is 0.917. The summed E-state index contributed by atoms with van der Waals surface area (Å²) in [5.74, 6) is 1.12. The van der Waals surface area contributed by atoms with Gasteiger partial charge in [0.25, 0.3) is 0 Å². The Morgan fingerprint density at radius 1 is 1.40 bits per heavy atom. The van der Waals surface area contributed by atoms with Crippen LogP contribution in [0.3, 0.4) is 0 Å². The number of hydrogen-bond acceptors (Lipinski definition) is 3. The van der Waals surface area contributed by atoms with Crippen LogP contribution in [-0.4, -0.2) is 42.8 Å². The lowest BCUT2D eigenvalue weighted by atomic mass is 9.83. The molecule has 0 aromatic rings. The summed E-state index contributed by atoms with van der Waals surface area (Å²) in [6.07, 6.45) is 5.14. The molecular formula is C12H25NOS. The Labute approximate surface area is 98.8 Å². The van der Waals surface area contributed by atoms with Crippen molar-refractivity contribution < 1.29 is 4.79 Å². The van der Waals surface area contributed by atoms with Crippen molar-refractivity contribution in [1.82, 2.24) is 4.90 Å². The fourth-order valence-corrected chi connectivity index (χ4v) is 2.44. The average molecular weight is 231 g/mol. The van der Waals surface area contributed by atoms with E-state index in [2.05, 4.69) is 39.0 Å². The predicted molar refractivity (Wildman–Crippen MR) is 69.6 cm³/mol. The van der Waals surface area contributed by atoms with Crippen molar-refractivity contribution in [2.75, 3.05) is 25.6 Å². The molecule has 0 rings (SSSR count). The lowest BCUT2D eigenvalue weighted by molar-refractivity contribution is -0.117. The maximum Gasteiger partial charge on any atom is 0.127 e. The molecule has 0 radical (unpaired) electrons. The van der Waals surface area contributed by atoms with E-state index in [-0.39, 0.29) is 5.41 Å². The van der Waals surface area contributed by atoms with Crippen LogP contribution in [0.5, 0.6) is 0 Å². The van der Waals surface area contributed by atoms with Crippen LogP contribution in [0.15, 0.2) is 0 Å². The highest BCUT2D eigenvalue weighted by Gasteiger charge is 2.28. The quantitative estimate of drug-likeness (QED) is 0.599. The maximum atomic E-state index is 11.2. The molecule has 0 saturated carbocycles. The van der Waals surface area contributed by atoms with E-state index in [1.165, 1.54) is 0 Å². The van der Waals surface area contributed by atoms with Crippen molar-refractivity contribution in [3.05, 3.63) is 0 Å². The number of rotatable bonds is 8. The highest BCUT2D eigenvalue weighted by Crippen LogP contribution is 2.25. The second-order valence-corrected chi connectivity index (χ2v) is 5.32. The summed E-state index contributed by atoms with van der Waals surface area (Å²) in [5, 5.41) is 0. The summed E-state index contributed by atoms with van der Waals surface area (Å²) >= 11 is 1.86. The van der Waals surface area contributed by atoms with Gasteiger partial charge in [0.15, 0.2) is 0 Å². The first-order valence-corrected chi connectivity index (χ1v) is 7.10. The first-order valence-electron chi connectivity index (χ1n) is 5.70. The van der Waals surface area contributed by atoms with Gasteiger partial charge in [0, 0.05) is 23.8 Å². The average Bonchev–Trinajstić information content (AvgIpc) is 2.26. The molecule has 0 heterocycles. The van der Waals surface area contributed by atoms with Crippen LogP contribution in [0.1, 0.15) is 33.6 Å². The summed E-state index contributed by atoms with van der Waals surface area (Å²) in [5.41, 5.74) is -0.137. The number of nitrogens with zero attached hydrogens (tertiary/aromatic N) is 1. The molecule has 0 spiro atoms. The molecule has 0 N–H and O–H groups in total. The largest absolute Gasteiger partial charge is 0.303 e. The van der Waals surface area contributed by atoms with Gasteiger partial charge in [-0.2, -0.15) is 11.8 Å². The molecule has 0 amide bonds. The number of aldehydes is 1. The van der Waals surface area contributed by atoms with E-state index in [9.17, 15) is 4.79 Å². The van der Waals surface area contributed by atoms with Gasteiger partial charge < -0.3 is 9.69 Å². The Hall–Kier alpha value is -0.0200. The lowest BCUT2D eigenvalue weighted by Crippen LogP contribution is -2.41. The third-order valence-corrected chi connectivity index (χ3v) is 4.20. The Morgan fingerprint density at radius 3 is 2.27 bits per heavy atom. The van der Waals surface area contributed by atoms with Crippen molar-refractivity contribution in [3.8, 4) is 0 Å². The van der Waals surface area contributed by atoms with E-state index in [1.807, 2.05) is 11.8 Å². The molecule has 0 bridgehead atoms. The van der Waals surface area contributed by atoms with Gasteiger partial charge in [-0.3, -0.25) is 0 Å². The predicted octanol–water partition coefficient (Wildman–Crippen LogP) is 2.68. The van der Waals surface area contributed by atoms with Gasteiger partial charge in [-0.25, -0.2) is 0 Å². The second kappa shape index (κ2) is 7.29. The van der Waals surface area contributed by atoms with E-state index in [1.54, 1.807) is 0 Å². The minimum Gasteiger partial charge on any atom is -0.303 e. The van der Waals surface area contributed by atoms with Gasteiger partial charge in [-0.1, -0.05) is 13.8 Å². The zero-order chi connectivity index (χ0) is 11.9. The van der Waals surface area contributed by atoms with Crippen LogP contribution in [0.4, 0.5) is 0 Å². The minimum atomic E-state index is -0.137. The standard InChI is InChI=1S/C12H25NOS/c1-6-12(7-2,10-14)9-13(4)11(3)8-15-5/h10-11H,6-9H2,1-5H3. The molecular weight excluding hydrogens is 206 g/mol.